The van der Waals surface area contributed by atoms with E-state index in [4.69, 9.17) is 0 Å². The zero-order valence-corrected chi connectivity index (χ0v) is 18.7. The summed E-state index contributed by atoms with van der Waals surface area (Å²) in [7, 11) is -3.38. The highest BCUT2D eigenvalue weighted by Gasteiger charge is 2.23. The molecule has 27 heavy (non-hydrogen) atoms. The third-order valence-electron chi connectivity index (χ3n) is 5.18. The summed E-state index contributed by atoms with van der Waals surface area (Å²) in [5, 5.41) is 0. The summed E-state index contributed by atoms with van der Waals surface area (Å²) < 4.78 is 27.9. The zero-order chi connectivity index (χ0) is 20.0. The van der Waals surface area contributed by atoms with Crippen LogP contribution in [0.4, 0.5) is 0 Å². The zero-order valence-electron chi connectivity index (χ0n) is 17.9. The number of hydrogen-bond acceptors (Lipinski definition) is 2. The topological polar surface area (TPSA) is 37.4 Å². The molecule has 0 saturated carbocycles. The fourth-order valence-electron chi connectivity index (χ4n) is 3.35. The fourth-order valence-corrected chi connectivity index (χ4v) is 4.87. The molecule has 0 aliphatic heterocycles. The van der Waals surface area contributed by atoms with E-state index in [1.807, 2.05) is 19.1 Å². The Morgan fingerprint density at radius 1 is 0.667 bits per heavy atom. The molecule has 1 aromatic rings. The Bertz CT molecular complexity index is 565. The van der Waals surface area contributed by atoms with Crippen molar-refractivity contribution in [3.05, 3.63) is 29.8 Å². The Morgan fingerprint density at radius 2 is 1.07 bits per heavy atom. The van der Waals surface area contributed by atoms with Crippen molar-refractivity contribution in [1.29, 1.82) is 0 Å². The van der Waals surface area contributed by atoms with Crippen LogP contribution >= 0.6 is 0 Å². The molecular weight excluding hydrogens is 354 g/mol. The molecule has 3 nitrogen and oxygen atoms in total. The Morgan fingerprint density at radius 3 is 1.52 bits per heavy atom. The number of rotatable bonds is 16. The van der Waals surface area contributed by atoms with Crippen LogP contribution in [0.5, 0.6) is 0 Å². The average Bonchev–Trinajstić information content (AvgIpc) is 2.65. The van der Waals surface area contributed by atoms with Gasteiger partial charge in [-0.2, -0.15) is 4.31 Å². The third-order valence-corrected chi connectivity index (χ3v) is 7.09. The van der Waals surface area contributed by atoms with E-state index in [0.29, 0.717) is 18.0 Å². The van der Waals surface area contributed by atoms with E-state index < -0.39 is 10.0 Å². The van der Waals surface area contributed by atoms with Gasteiger partial charge in [0.1, 0.15) is 0 Å². The summed E-state index contributed by atoms with van der Waals surface area (Å²) in [6.07, 6.45) is 14.2. The average molecular weight is 396 g/mol. The van der Waals surface area contributed by atoms with Crippen LogP contribution in [0.25, 0.3) is 0 Å². The van der Waals surface area contributed by atoms with Crippen molar-refractivity contribution in [3.63, 3.8) is 0 Å². The Kier molecular flexibility index (Phi) is 12.7. The number of sulfonamides is 1. The van der Waals surface area contributed by atoms with Crippen molar-refractivity contribution in [2.45, 2.75) is 103 Å². The lowest BCUT2D eigenvalue weighted by Gasteiger charge is -2.22. The molecule has 156 valence electrons. The van der Waals surface area contributed by atoms with E-state index in [-0.39, 0.29) is 0 Å². The van der Waals surface area contributed by atoms with Crippen LogP contribution in [0.15, 0.2) is 29.2 Å². The summed E-state index contributed by atoms with van der Waals surface area (Å²) in [4.78, 5) is 0.435. The summed E-state index contributed by atoms with van der Waals surface area (Å²) in [6.45, 7) is 7.72. The first-order chi connectivity index (χ1) is 13.0. The van der Waals surface area contributed by atoms with E-state index in [1.54, 1.807) is 16.4 Å². The van der Waals surface area contributed by atoms with Gasteiger partial charge in [0, 0.05) is 13.1 Å². The number of nitrogens with zero attached hydrogens (tertiary/aromatic N) is 1. The Balaban J connectivity index is 2.61. The fraction of sp³-hybridized carbons (Fsp3) is 0.739. The van der Waals surface area contributed by atoms with Crippen LogP contribution in [-0.2, 0) is 10.0 Å². The lowest BCUT2D eigenvalue weighted by atomic mass is 10.1. The lowest BCUT2D eigenvalue weighted by molar-refractivity contribution is 0.383. The first-order valence-electron chi connectivity index (χ1n) is 11.1. The molecule has 0 amide bonds. The molecule has 4 heteroatoms. The Labute approximate surface area is 168 Å². The van der Waals surface area contributed by atoms with Gasteiger partial charge in [-0.25, -0.2) is 8.42 Å². The van der Waals surface area contributed by atoms with E-state index >= 15 is 0 Å². The highest BCUT2D eigenvalue weighted by molar-refractivity contribution is 7.89. The van der Waals surface area contributed by atoms with Crippen LogP contribution in [0.1, 0.15) is 96.5 Å². The second-order valence-electron chi connectivity index (χ2n) is 7.75. The maximum Gasteiger partial charge on any atom is 0.243 e. The van der Waals surface area contributed by atoms with Crippen LogP contribution in [0, 0.1) is 6.92 Å². The summed E-state index contributed by atoms with van der Waals surface area (Å²) in [5.41, 5.74) is 1.09. The first kappa shape index (κ1) is 24.2. The second kappa shape index (κ2) is 14.2. The molecule has 0 fully saturated rings. The summed E-state index contributed by atoms with van der Waals surface area (Å²) in [5.74, 6) is 0. The molecule has 1 rings (SSSR count). The predicted octanol–water partition coefficient (Wildman–Crippen LogP) is 6.71. The van der Waals surface area contributed by atoms with Gasteiger partial charge >= 0.3 is 0 Å². The van der Waals surface area contributed by atoms with Crippen LogP contribution < -0.4 is 0 Å². The number of benzene rings is 1. The van der Waals surface area contributed by atoms with Gasteiger partial charge in [0.2, 0.25) is 10.0 Å². The Hall–Kier alpha value is -0.870. The van der Waals surface area contributed by atoms with Crippen molar-refractivity contribution in [3.8, 4) is 0 Å². The molecule has 0 unspecified atom stereocenters. The molecule has 0 aromatic heterocycles. The van der Waals surface area contributed by atoms with Crippen LogP contribution in [-0.4, -0.2) is 25.8 Å². The molecule has 0 spiro atoms. The molecule has 0 atom stereocenters. The summed E-state index contributed by atoms with van der Waals surface area (Å²) in [6, 6.07) is 7.28. The number of aryl methyl sites for hydroxylation is 1. The monoisotopic (exact) mass is 395 g/mol. The van der Waals surface area contributed by atoms with E-state index in [0.717, 1.165) is 31.2 Å². The molecule has 0 radical (unpaired) electrons. The van der Waals surface area contributed by atoms with Gasteiger partial charge in [0.15, 0.2) is 0 Å². The molecule has 0 bridgehead atoms. The van der Waals surface area contributed by atoms with Crippen molar-refractivity contribution >= 4 is 10.0 Å². The minimum atomic E-state index is -3.38. The van der Waals surface area contributed by atoms with Gasteiger partial charge in [-0.05, 0) is 31.9 Å². The second-order valence-corrected chi connectivity index (χ2v) is 9.69. The molecule has 0 saturated heterocycles. The normalized spacial score (nSPS) is 12.0. The lowest BCUT2D eigenvalue weighted by Crippen LogP contribution is -2.33. The predicted molar refractivity (Wildman–Crippen MR) is 117 cm³/mol. The van der Waals surface area contributed by atoms with Crippen molar-refractivity contribution in [1.82, 2.24) is 4.31 Å². The van der Waals surface area contributed by atoms with Gasteiger partial charge in [0.25, 0.3) is 0 Å². The maximum atomic E-state index is 13.1. The van der Waals surface area contributed by atoms with E-state index in [9.17, 15) is 8.42 Å². The number of unbranched alkanes of at least 4 members (excludes halogenated alkanes) is 10. The molecular formula is C23H41NO2S. The highest BCUT2D eigenvalue weighted by Crippen LogP contribution is 2.19. The van der Waals surface area contributed by atoms with E-state index in [2.05, 4.69) is 13.8 Å². The SMILES string of the molecule is CCCCCCCCN(CCCCCCCC)S(=O)(=O)c1ccc(C)cc1. The van der Waals surface area contributed by atoms with Crippen molar-refractivity contribution in [2.24, 2.45) is 0 Å². The van der Waals surface area contributed by atoms with Gasteiger partial charge in [-0.3, -0.25) is 0 Å². The minimum Gasteiger partial charge on any atom is -0.207 e. The first-order valence-corrected chi connectivity index (χ1v) is 12.5. The molecule has 0 aliphatic rings. The van der Waals surface area contributed by atoms with Crippen molar-refractivity contribution in [2.75, 3.05) is 13.1 Å². The highest BCUT2D eigenvalue weighted by atomic mass is 32.2. The van der Waals surface area contributed by atoms with Gasteiger partial charge in [0.05, 0.1) is 4.90 Å². The van der Waals surface area contributed by atoms with Gasteiger partial charge in [-0.1, -0.05) is 95.8 Å². The molecule has 0 N–H and O–H groups in total. The van der Waals surface area contributed by atoms with Crippen LogP contribution in [0.3, 0.4) is 0 Å². The number of hydrogen-bond donors (Lipinski definition) is 0. The largest absolute Gasteiger partial charge is 0.243 e. The van der Waals surface area contributed by atoms with E-state index in [1.165, 1.54) is 51.4 Å². The van der Waals surface area contributed by atoms with Crippen molar-refractivity contribution < 1.29 is 8.42 Å². The standard InChI is InChI=1S/C23H41NO2S/c1-4-6-8-10-12-14-20-24(21-15-13-11-9-7-5-2)27(25,26)23-18-16-22(3)17-19-23/h16-19H,4-15,20-21H2,1-3H3. The molecule has 0 heterocycles. The summed E-state index contributed by atoms with van der Waals surface area (Å²) >= 11 is 0. The minimum absolute atomic E-state index is 0.435. The van der Waals surface area contributed by atoms with Gasteiger partial charge in [-0.15, -0.1) is 0 Å². The molecule has 1 aromatic carbocycles. The van der Waals surface area contributed by atoms with Gasteiger partial charge < -0.3 is 0 Å². The molecule has 0 aliphatic carbocycles. The quantitative estimate of drug-likeness (QED) is 0.292. The smallest absolute Gasteiger partial charge is 0.207 e. The maximum absolute atomic E-state index is 13.1. The third kappa shape index (κ3) is 9.75. The van der Waals surface area contributed by atoms with Crippen LogP contribution in [0.2, 0.25) is 0 Å².